The van der Waals surface area contributed by atoms with E-state index in [4.69, 9.17) is 4.74 Å². The second kappa shape index (κ2) is 6.39. The molecule has 0 spiro atoms. The van der Waals surface area contributed by atoms with Crippen LogP contribution >= 0.6 is 22.6 Å². The van der Waals surface area contributed by atoms with Gasteiger partial charge in [-0.1, -0.05) is 44.2 Å². The topological polar surface area (TPSA) is 26.3 Å². The van der Waals surface area contributed by atoms with Gasteiger partial charge in [-0.05, 0) is 52.4 Å². The van der Waals surface area contributed by atoms with Gasteiger partial charge in [0.2, 0.25) is 0 Å². The summed E-state index contributed by atoms with van der Waals surface area (Å²) >= 11 is 2.21. The van der Waals surface area contributed by atoms with E-state index in [-0.39, 0.29) is 11.4 Å². The standard InChI is InChI=1S/C17H17IO2/c1-17(2,14-6-4-3-5-7-14)12-20-16(19)13-8-10-15(18)11-9-13/h3-11H,12H2,1-2H3. The number of esters is 1. The molecule has 0 fully saturated rings. The molecule has 20 heavy (non-hydrogen) atoms. The third kappa shape index (κ3) is 3.82. The Labute approximate surface area is 133 Å². The molecule has 2 nitrogen and oxygen atoms in total. The van der Waals surface area contributed by atoms with E-state index in [0.717, 1.165) is 9.13 Å². The van der Waals surface area contributed by atoms with Crippen LogP contribution in [0.1, 0.15) is 29.8 Å². The summed E-state index contributed by atoms with van der Waals surface area (Å²) in [5, 5.41) is 0. The average molecular weight is 380 g/mol. The Morgan fingerprint density at radius 2 is 1.65 bits per heavy atom. The molecule has 0 N–H and O–H groups in total. The van der Waals surface area contributed by atoms with Crippen LogP contribution in [0.5, 0.6) is 0 Å². The number of carbonyl (C=O) groups is 1. The number of rotatable bonds is 4. The zero-order valence-electron chi connectivity index (χ0n) is 11.6. The highest BCUT2D eigenvalue weighted by molar-refractivity contribution is 14.1. The SMILES string of the molecule is CC(C)(COC(=O)c1ccc(I)cc1)c1ccccc1. The molecule has 2 aromatic rings. The predicted molar refractivity (Wildman–Crippen MR) is 88.9 cm³/mol. The van der Waals surface area contributed by atoms with Crippen molar-refractivity contribution in [1.29, 1.82) is 0 Å². The van der Waals surface area contributed by atoms with Gasteiger partial charge in [-0.25, -0.2) is 4.79 Å². The second-order valence-corrected chi connectivity index (χ2v) is 6.58. The molecule has 3 heteroatoms. The maximum atomic E-state index is 12.0. The van der Waals surface area contributed by atoms with E-state index < -0.39 is 0 Å². The molecule has 0 bridgehead atoms. The van der Waals surface area contributed by atoms with Crippen molar-refractivity contribution in [2.45, 2.75) is 19.3 Å². The lowest BCUT2D eigenvalue weighted by Gasteiger charge is -2.24. The zero-order chi connectivity index (χ0) is 14.6. The molecule has 0 radical (unpaired) electrons. The Bertz CT molecular complexity index is 574. The minimum Gasteiger partial charge on any atom is -0.461 e. The molecule has 0 saturated carbocycles. The molecular formula is C17H17IO2. The van der Waals surface area contributed by atoms with Crippen molar-refractivity contribution >= 4 is 28.6 Å². The quantitative estimate of drug-likeness (QED) is 0.580. The van der Waals surface area contributed by atoms with Crippen molar-refractivity contribution in [3.05, 3.63) is 69.3 Å². The fourth-order valence-corrected chi connectivity index (χ4v) is 2.25. The molecular weight excluding hydrogens is 363 g/mol. The summed E-state index contributed by atoms with van der Waals surface area (Å²) in [6, 6.07) is 17.5. The summed E-state index contributed by atoms with van der Waals surface area (Å²) in [4.78, 5) is 12.0. The van der Waals surface area contributed by atoms with Gasteiger partial charge in [0.25, 0.3) is 0 Å². The first kappa shape index (κ1) is 15.0. The van der Waals surface area contributed by atoms with Gasteiger partial charge in [-0.15, -0.1) is 0 Å². The van der Waals surface area contributed by atoms with Gasteiger partial charge in [-0.3, -0.25) is 0 Å². The minimum atomic E-state index is -0.273. The Balaban J connectivity index is 2.01. The van der Waals surface area contributed by atoms with E-state index in [1.165, 1.54) is 0 Å². The van der Waals surface area contributed by atoms with Crippen LogP contribution < -0.4 is 0 Å². The van der Waals surface area contributed by atoms with E-state index in [0.29, 0.717) is 12.2 Å². The van der Waals surface area contributed by atoms with E-state index in [1.54, 1.807) is 12.1 Å². The maximum absolute atomic E-state index is 12.0. The van der Waals surface area contributed by atoms with E-state index in [9.17, 15) is 4.79 Å². The van der Waals surface area contributed by atoms with Crippen molar-refractivity contribution in [3.63, 3.8) is 0 Å². The monoisotopic (exact) mass is 380 g/mol. The third-order valence-electron chi connectivity index (χ3n) is 3.20. The van der Waals surface area contributed by atoms with Crippen molar-refractivity contribution in [3.8, 4) is 0 Å². The lowest BCUT2D eigenvalue weighted by molar-refractivity contribution is 0.0427. The summed E-state index contributed by atoms with van der Waals surface area (Å²) in [7, 11) is 0. The number of carbonyl (C=O) groups excluding carboxylic acids is 1. The maximum Gasteiger partial charge on any atom is 0.338 e. The van der Waals surface area contributed by atoms with Gasteiger partial charge in [0.15, 0.2) is 0 Å². The number of hydrogen-bond acceptors (Lipinski definition) is 2. The highest BCUT2D eigenvalue weighted by Crippen LogP contribution is 2.23. The van der Waals surface area contributed by atoms with Crippen molar-refractivity contribution < 1.29 is 9.53 Å². The number of halogens is 1. The smallest absolute Gasteiger partial charge is 0.338 e. The molecule has 0 atom stereocenters. The minimum absolute atomic E-state index is 0.194. The molecule has 104 valence electrons. The number of benzene rings is 2. The Hall–Kier alpha value is -1.36. The van der Waals surface area contributed by atoms with E-state index >= 15 is 0 Å². The summed E-state index contributed by atoms with van der Waals surface area (Å²) < 4.78 is 6.55. The molecule has 2 aromatic carbocycles. The van der Waals surface area contributed by atoms with Crippen LogP contribution in [0.3, 0.4) is 0 Å². The molecule has 0 aromatic heterocycles. The van der Waals surface area contributed by atoms with Crippen LogP contribution in [0, 0.1) is 3.57 Å². The molecule has 0 heterocycles. The van der Waals surface area contributed by atoms with Crippen molar-refractivity contribution in [2.75, 3.05) is 6.61 Å². The molecule has 0 unspecified atom stereocenters. The van der Waals surface area contributed by atoms with Gasteiger partial charge >= 0.3 is 5.97 Å². The summed E-state index contributed by atoms with van der Waals surface area (Å²) in [5.74, 6) is -0.273. The first-order valence-corrected chi connectivity index (χ1v) is 7.55. The molecule has 0 aliphatic carbocycles. The number of ether oxygens (including phenoxy) is 1. The normalized spacial score (nSPS) is 11.2. The van der Waals surface area contributed by atoms with Gasteiger partial charge in [0.1, 0.15) is 6.61 Å². The highest BCUT2D eigenvalue weighted by Gasteiger charge is 2.22. The first-order chi connectivity index (χ1) is 9.49. The van der Waals surface area contributed by atoms with Gasteiger partial charge in [0, 0.05) is 8.99 Å². The van der Waals surface area contributed by atoms with Crippen molar-refractivity contribution in [1.82, 2.24) is 0 Å². The van der Waals surface area contributed by atoms with Crippen LogP contribution in [0.2, 0.25) is 0 Å². The Kier molecular flexibility index (Phi) is 4.81. The van der Waals surface area contributed by atoms with Gasteiger partial charge in [0.05, 0.1) is 5.56 Å². The Morgan fingerprint density at radius 3 is 2.25 bits per heavy atom. The van der Waals surface area contributed by atoms with E-state index in [2.05, 4.69) is 48.6 Å². The van der Waals surface area contributed by atoms with Gasteiger partial charge < -0.3 is 4.74 Å². The summed E-state index contributed by atoms with van der Waals surface area (Å²) in [5.41, 5.74) is 1.56. The predicted octanol–water partition coefficient (Wildman–Crippen LogP) is 4.43. The summed E-state index contributed by atoms with van der Waals surface area (Å²) in [6.07, 6.45) is 0. The third-order valence-corrected chi connectivity index (χ3v) is 3.92. The van der Waals surface area contributed by atoms with Crippen LogP contribution in [-0.4, -0.2) is 12.6 Å². The second-order valence-electron chi connectivity index (χ2n) is 5.33. The van der Waals surface area contributed by atoms with E-state index in [1.807, 2.05) is 30.3 Å². The largest absolute Gasteiger partial charge is 0.461 e. The zero-order valence-corrected chi connectivity index (χ0v) is 13.8. The highest BCUT2D eigenvalue weighted by atomic mass is 127. The van der Waals surface area contributed by atoms with Gasteiger partial charge in [-0.2, -0.15) is 0 Å². The molecule has 0 aliphatic rings. The summed E-state index contributed by atoms with van der Waals surface area (Å²) in [6.45, 7) is 4.51. The molecule has 2 rings (SSSR count). The van der Waals surface area contributed by atoms with Crippen LogP contribution in [0.25, 0.3) is 0 Å². The number of hydrogen-bond donors (Lipinski definition) is 0. The van der Waals surface area contributed by atoms with Crippen LogP contribution in [-0.2, 0) is 10.2 Å². The molecule has 0 saturated heterocycles. The Morgan fingerprint density at radius 1 is 1.05 bits per heavy atom. The lowest BCUT2D eigenvalue weighted by Crippen LogP contribution is -2.26. The fourth-order valence-electron chi connectivity index (χ4n) is 1.89. The van der Waals surface area contributed by atoms with Crippen LogP contribution in [0.15, 0.2) is 54.6 Å². The average Bonchev–Trinajstić information content (AvgIpc) is 2.46. The van der Waals surface area contributed by atoms with Crippen LogP contribution in [0.4, 0.5) is 0 Å². The van der Waals surface area contributed by atoms with Crippen molar-refractivity contribution in [2.24, 2.45) is 0 Å². The molecule has 0 aliphatic heterocycles. The first-order valence-electron chi connectivity index (χ1n) is 6.47. The lowest BCUT2D eigenvalue weighted by atomic mass is 9.86. The fraction of sp³-hybridized carbons (Fsp3) is 0.235. The molecule has 0 amide bonds.